The summed E-state index contributed by atoms with van der Waals surface area (Å²) in [6.07, 6.45) is 2.56. The average Bonchev–Trinajstić information content (AvgIpc) is 3.23. The number of amides is 1. The van der Waals surface area contributed by atoms with Crippen LogP contribution in [-0.2, 0) is 6.54 Å². The van der Waals surface area contributed by atoms with E-state index >= 15 is 0 Å². The first kappa shape index (κ1) is 17.6. The van der Waals surface area contributed by atoms with Gasteiger partial charge in [0.2, 0.25) is 0 Å². The minimum absolute atomic E-state index is 0.0443. The van der Waals surface area contributed by atoms with Gasteiger partial charge in [0.1, 0.15) is 5.69 Å². The van der Waals surface area contributed by atoms with Gasteiger partial charge in [-0.25, -0.2) is 4.98 Å². The number of hydrogen-bond acceptors (Lipinski definition) is 5. The number of hydrogen-bond donors (Lipinski definition) is 0. The third-order valence-electron chi connectivity index (χ3n) is 3.98. The molecule has 0 spiro atoms. The number of thiazole rings is 1. The number of aromatic nitrogens is 3. The van der Waals surface area contributed by atoms with E-state index < -0.39 is 0 Å². The summed E-state index contributed by atoms with van der Waals surface area (Å²) >= 11 is 1.55. The molecule has 3 aromatic rings. The van der Waals surface area contributed by atoms with Crippen LogP contribution in [0.3, 0.4) is 0 Å². The Morgan fingerprint density at radius 3 is 2.72 bits per heavy atom. The van der Waals surface area contributed by atoms with Gasteiger partial charge in [-0.3, -0.25) is 14.4 Å². The molecule has 6 nitrogen and oxygen atoms in total. The van der Waals surface area contributed by atoms with E-state index in [1.165, 1.54) is 0 Å². The second-order valence-electron chi connectivity index (χ2n) is 6.11. The predicted octanol–water partition coefficient (Wildman–Crippen LogP) is 3.11. The van der Waals surface area contributed by atoms with Crippen molar-refractivity contribution in [1.82, 2.24) is 19.7 Å². The summed E-state index contributed by atoms with van der Waals surface area (Å²) in [6, 6.07) is 9.76. The second kappa shape index (κ2) is 7.76. The summed E-state index contributed by atoms with van der Waals surface area (Å²) in [5.74, 6) is -0.0443. The van der Waals surface area contributed by atoms with E-state index in [1.807, 2.05) is 45.3 Å². The lowest BCUT2D eigenvalue weighted by molar-refractivity contribution is 0.0975. The molecule has 0 aliphatic heterocycles. The molecule has 0 bridgehead atoms. The molecular weight excluding hydrogens is 334 g/mol. The Hall–Kier alpha value is -2.25. The fourth-order valence-corrected chi connectivity index (χ4v) is 3.70. The Bertz CT molecular complexity index is 821. The molecule has 0 saturated heterocycles. The largest absolute Gasteiger partial charge is 0.309 e. The Labute approximate surface area is 151 Å². The van der Waals surface area contributed by atoms with Crippen LogP contribution in [0.2, 0.25) is 0 Å². The number of rotatable bonds is 7. The summed E-state index contributed by atoms with van der Waals surface area (Å²) in [7, 11) is 4.08. The standard InChI is InChI=1S/C18H23N5OS/c1-4-23-15(10-11-19-23)17(24)22(13-7-12-21(2)3)18-20-14-8-5-6-9-16(14)25-18/h5-6,8-11H,4,7,12-13H2,1-3H3. The van der Waals surface area contributed by atoms with Crippen molar-refractivity contribution < 1.29 is 4.79 Å². The zero-order valence-corrected chi connectivity index (χ0v) is 15.7. The smallest absolute Gasteiger partial charge is 0.278 e. The van der Waals surface area contributed by atoms with Gasteiger partial charge in [0.05, 0.1) is 10.2 Å². The van der Waals surface area contributed by atoms with Crippen molar-refractivity contribution in [1.29, 1.82) is 0 Å². The quantitative estimate of drug-likeness (QED) is 0.652. The third-order valence-corrected chi connectivity index (χ3v) is 5.04. The maximum absolute atomic E-state index is 13.2. The van der Waals surface area contributed by atoms with Crippen molar-refractivity contribution in [2.75, 3.05) is 32.1 Å². The van der Waals surface area contributed by atoms with Crippen molar-refractivity contribution in [2.45, 2.75) is 19.9 Å². The lowest BCUT2D eigenvalue weighted by atomic mass is 10.3. The molecular formula is C18H23N5OS. The number of carbonyl (C=O) groups is 1. The first-order valence-corrected chi connectivity index (χ1v) is 9.25. The summed E-state index contributed by atoms with van der Waals surface area (Å²) in [5.41, 5.74) is 1.53. The average molecular weight is 357 g/mol. The van der Waals surface area contributed by atoms with Gasteiger partial charge in [0.15, 0.2) is 5.13 Å². The van der Waals surface area contributed by atoms with E-state index in [9.17, 15) is 4.79 Å². The number of benzene rings is 1. The van der Waals surface area contributed by atoms with Gasteiger partial charge in [0, 0.05) is 19.3 Å². The van der Waals surface area contributed by atoms with Gasteiger partial charge in [-0.2, -0.15) is 5.10 Å². The van der Waals surface area contributed by atoms with Gasteiger partial charge in [-0.1, -0.05) is 23.5 Å². The van der Waals surface area contributed by atoms with Crippen molar-refractivity contribution in [2.24, 2.45) is 0 Å². The first-order chi connectivity index (χ1) is 12.1. The number of carbonyl (C=O) groups excluding carboxylic acids is 1. The van der Waals surface area contributed by atoms with Gasteiger partial charge in [0.25, 0.3) is 5.91 Å². The molecule has 2 aromatic heterocycles. The fourth-order valence-electron chi connectivity index (χ4n) is 2.71. The van der Waals surface area contributed by atoms with E-state index in [4.69, 9.17) is 0 Å². The highest BCUT2D eigenvalue weighted by atomic mass is 32.1. The predicted molar refractivity (Wildman–Crippen MR) is 102 cm³/mol. The minimum atomic E-state index is -0.0443. The highest BCUT2D eigenvalue weighted by molar-refractivity contribution is 7.22. The summed E-state index contributed by atoms with van der Waals surface area (Å²) in [5, 5.41) is 4.97. The maximum atomic E-state index is 13.2. The highest BCUT2D eigenvalue weighted by Crippen LogP contribution is 2.29. The molecule has 7 heteroatoms. The van der Waals surface area contributed by atoms with Crippen LogP contribution in [-0.4, -0.2) is 52.8 Å². The van der Waals surface area contributed by atoms with E-state index in [0.717, 1.165) is 28.3 Å². The Morgan fingerprint density at radius 1 is 1.20 bits per heavy atom. The molecule has 0 unspecified atom stereocenters. The second-order valence-corrected chi connectivity index (χ2v) is 7.12. The van der Waals surface area contributed by atoms with E-state index in [-0.39, 0.29) is 5.91 Å². The molecule has 1 amide bonds. The van der Waals surface area contributed by atoms with E-state index in [2.05, 4.69) is 15.0 Å². The normalized spacial score (nSPS) is 11.4. The van der Waals surface area contributed by atoms with Gasteiger partial charge < -0.3 is 4.90 Å². The van der Waals surface area contributed by atoms with Gasteiger partial charge in [-0.05, 0) is 52.2 Å². The molecule has 0 N–H and O–H groups in total. The molecule has 0 atom stereocenters. The van der Waals surface area contributed by atoms with Crippen LogP contribution in [0.4, 0.5) is 5.13 Å². The number of nitrogens with zero attached hydrogens (tertiary/aromatic N) is 5. The molecule has 0 radical (unpaired) electrons. The zero-order valence-electron chi connectivity index (χ0n) is 14.8. The van der Waals surface area contributed by atoms with Crippen molar-refractivity contribution >= 4 is 32.6 Å². The van der Waals surface area contributed by atoms with E-state index in [1.54, 1.807) is 33.2 Å². The van der Waals surface area contributed by atoms with Crippen LogP contribution in [0.5, 0.6) is 0 Å². The number of fused-ring (bicyclic) bond motifs is 1. The topological polar surface area (TPSA) is 54.3 Å². The van der Waals surface area contributed by atoms with Crippen molar-refractivity contribution in [3.8, 4) is 0 Å². The van der Waals surface area contributed by atoms with Crippen LogP contribution < -0.4 is 4.90 Å². The van der Waals surface area contributed by atoms with Crippen LogP contribution >= 0.6 is 11.3 Å². The summed E-state index contributed by atoms with van der Waals surface area (Å²) < 4.78 is 2.82. The third kappa shape index (κ3) is 3.88. The molecule has 0 aliphatic rings. The highest BCUT2D eigenvalue weighted by Gasteiger charge is 2.23. The first-order valence-electron chi connectivity index (χ1n) is 8.44. The van der Waals surface area contributed by atoms with E-state index in [0.29, 0.717) is 18.8 Å². The molecule has 0 saturated carbocycles. The van der Waals surface area contributed by atoms with Crippen molar-refractivity contribution in [3.63, 3.8) is 0 Å². The number of anilines is 1. The Kier molecular flexibility index (Phi) is 5.45. The summed E-state index contributed by atoms with van der Waals surface area (Å²) in [4.78, 5) is 21.7. The number of para-hydroxylation sites is 1. The Morgan fingerprint density at radius 2 is 2.00 bits per heavy atom. The summed E-state index contributed by atoms with van der Waals surface area (Å²) in [6.45, 7) is 4.20. The van der Waals surface area contributed by atoms with Crippen LogP contribution in [0.15, 0.2) is 36.5 Å². The van der Waals surface area contributed by atoms with Crippen LogP contribution in [0.1, 0.15) is 23.8 Å². The fraction of sp³-hybridized carbons (Fsp3) is 0.389. The number of aryl methyl sites for hydroxylation is 1. The molecule has 1 aromatic carbocycles. The van der Waals surface area contributed by atoms with Crippen molar-refractivity contribution in [3.05, 3.63) is 42.2 Å². The zero-order chi connectivity index (χ0) is 17.8. The molecule has 0 aliphatic carbocycles. The monoisotopic (exact) mass is 357 g/mol. The van der Waals surface area contributed by atoms with Gasteiger partial charge >= 0.3 is 0 Å². The minimum Gasteiger partial charge on any atom is -0.309 e. The lowest BCUT2D eigenvalue weighted by Gasteiger charge is -2.21. The SMILES string of the molecule is CCn1nccc1C(=O)N(CCCN(C)C)c1nc2ccccc2s1. The molecule has 25 heavy (non-hydrogen) atoms. The Balaban J connectivity index is 1.92. The maximum Gasteiger partial charge on any atom is 0.278 e. The van der Waals surface area contributed by atoms with Crippen LogP contribution in [0.25, 0.3) is 10.2 Å². The molecule has 3 rings (SSSR count). The molecule has 132 valence electrons. The van der Waals surface area contributed by atoms with Gasteiger partial charge in [-0.15, -0.1) is 0 Å². The lowest BCUT2D eigenvalue weighted by Crippen LogP contribution is -2.34. The molecule has 2 heterocycles. The van der Waals surface area contributed by atoms with Crippen LogP contribution in [0, 0.1) is 0 Å². The molecule has 0 fully saturated rings.